The molecule has 1 heterocycles. The number of nitrogens with zero attached hydrogens (tertiary/aromatic N) is 1. The quantitative estimate of drug-likeness (QED) is 0.886. The number of carbonyl (C=O) groups is 1. The SMILES string of the molecule is O=C(O)CC1(N2CCCC2)Cc2ccccc2C1. The van der Waals surface area contributed by atoms with Crippen LogP contribution in [0.2, 0.25) is 0 Å². The van der Waals surface area contributed by atoms with Gasteiger partial charge in [0.1, 0.15) is 0 Å². The van der Waals surface area contributed by atoms with Crippen LogP contribution in [0.15, 0.2) is 24.3 Å². The number of benzene rings is 1. The van der Waals surface area contributed by atoms with E-state index in [9.17, 15) is 9.90 Å². The average Bonchev–Trinajstić information content (AvgIpc) is 2.95. The first kappa shape index (κ1) is 11.7. The molecule has 0 aromatic heterocycles. The summed E-state index contributed by atoms with van der Waals surface area (Å²) in [5.74, 6) is -0.672. The second-order valence-electron chi connectivity index (χ2n) is 5.61. The lowest BCUT2D eigenvalue weighted by Crippen LogP contribution is -2.49. The smallest absolute Gasteiger partial charge is 0.305 e. The average molecular weight is 245 g/mol. The number of likely N-dealkylation sites (tertiary alicyclic amines) is 1. The molecule has 1 N–H and O–H groups in total. The number of carboxylic acid groups (broad SMARTS) is 1. The fourth-order valence-corrected chi connectivity index (χ4v) is 3.61. The Hall–Kier alpha value is -1.35. The number of fused-ring (bicyclic) bond motifs is 1. The van der Waals surface area contributed by atoms with Gasteiger partial charge >= 0.3 is 5.97 Å². The van der Waals surface area contributed by atoms with Gasteiger partial charge < -0.3 is 5.11 Å². The highest BCUT2D eigenvalue weighted by Crippen LogP contribution is 2.38. The van der Waals surface area contributed by atoms with Gasteiger partial charge in [0, 0.05) is 5.54 Å². The Balaban J connectivity index is 1.91. The molecule has 0 unspecified atom stereocenters. The summed E-state index contributed by atoms with van der Waals surface area (Å²) >= 11 is 0. The van der Waals surface area contributed by atoms with Gasteiger partial charge in [0.2, 0.25) is 0 Å². The van der Waals surface area contributed by atoms with Gasteiger partial charge in [-0.15, -0.1) is 0 Å². The normalized spacial score (nSPS) is 22.0. The first-order chi connectivity index (χ1) is 8.70. The second-order valence-corrected chi connectivity index (χ2v) is 5.61. The molecule has 1 aliphatic carbocycles. The summed E-state index contributed by atoms with van der Waals surface area (Å²) in [5, 5.41) is 9.25. The van der Waals surface area contributed by atoms with E-state index in [1.54, 1.807) is 0 Å². The minimum absolute atomic E-state index is 0.161. The lowest BCUT2D eigenvalue weighted by Gasteiger charge is -2.37. The molecule has 1 aliphatic heterocycles. The Kier molecular flexibility index (Phi) is 2.86. The maximum atomic E-state index is 11.2. The van der Waals surface area contributed by atoms with Crippen LogP contribution < -0.4 is 0 Å². The predicted molar refractivity (Wildman–Crippen MR) is 69.6 cm³/mol. The van der Waals surface area contributed by atoms with Crippen molar-refractivity contribution < 1.29 is 9.90 Å². The Morgan fingerprint density at radius 3 is 2.22 bits per heavy atom. The molecule has 0 amide bonds. The zero-order chi connectivity index (χ0) is 12.6. The number of aliphatic carboxylic acids is 1. The van der Waals surface area contributed by atoms with Crippen LogP contribution in [0.1, 0.15) is 30.4 Å². The molecule has 96 valence electrons. The van der Waals surface area contributed by atoms with Gasteiger partial charge in [0.05, 0.1) is 6.42 Å². The lowest BCUT2D eigenvalue weighted by atomic mass is 9.89. The molecule has 2 aliphatic rings. The molecular weight excluding hydrogens is 226 g/mol. The Morgan fingerprint density at radius 1 is 1.17 bits per heavy atom. The highest BCUT2D eigenvalue weighted by atomic mass is 16.4. The van der Waals surface area contributed by atoms with Gasteiger partial charge in [-0.25, -0.2) is 0 Å². The van der Waals surface area contributed by atoms with Crippen LogP contribution in [0.4, 0.5) is 0 Å². The van der Waals surface area contributed by atoms with Crippen LogP contribution in [-0.2, 0) is 17.6 Å². The van der Waals surface area contributed by atoms with Gasteiger partial charge in [-0.3, -0.25) is 9.69 Å². The van der Waals surface area contributed by atoms with Crippen molar-refractivity contribution in [3.8, 4) is 0 Å². The molecule has 3 heteroatoms. The van der Waals surface area contributed by atoms with E-state index >= 15 is 0 Å². The molecular formula is C15H19NO2. The largest absolute Gasteiger partial charge is 0.481 e. The van der Waals surface area contributed by atoms with E-state index < -0.39 is 5.97 Å². The zero-order valence-corrected chi connectivity index (χ0v) is 10.6. The number of rotatable bonds is 3. The summed E-state index contributed by atoms with van der Waals surface area (Å²) in [4.78, 5) is 13.7. The van der Waals surface area contributed by atoms with Crippen molar-refractivity contribution in [2.24, 2.45) is 0 Å². The van der Waals surface area contributed by atoms with E-state index in [1.807, 2.05) is 0 Å². The van der Waals surface area contributed by atoms with Crippen LogP contribution in [0, 0.1) is 0 Å². The van der Waals surface area contributed by atoms with Crippen molar-refractivity contribution >= 4 is 5.97 Å². The van der Waals surface area contributed by atoms with Crippen LogP contribution in [0.5, 0.6) is 0 Å². The molecule has 18 heavy (non-hydrogen) atoms. The molecule has 3 nitrogen and oxygen atoms in total. The summed E-state index contributed by atoms with van der Waals surface area (Å²) < 4.78 is 0. The van der Waals surface area contributed by atoms with Crippen LogP contribution in [0.25, 0.3) is 0 Å². The van der Waals surface area contributed by atoms with E-state index in [4.69, 9.17) is 0 Å². The van der Waals surface area contributed by atoms with Crippen LogP contribution in [0.3, 0.4) is 0 Å². The summed E-state index contributed by atoms with van der Waals surface area (Å²) in [7, 11) is 0. The Labute approximate surface area is 107 Å². The van der Waals surface area contributed by atoms with Crippen molar-refractivity contribution in [3.63, 3.8) is 0 Å². The topological polar surface area (TPSA) is 40.5 Å². The molecule has 0 spiro atoms. The van der Waals surface area contributed by atoms with Crippen LogP contribution >= 0.6 is 0 Å². The molecule has 0 saturated carbocycles. The summed E-state index contributed by atoms with van der Waals surface area (Å²) in [6, 6.07) is 8.41. The standard InChI is InChI=1S/C15H19NO2/c17-14(18)11-15(16-7-3-4-8-16)9-12-5-1-2-6-13(12)10-15/h1-2,5-6H,3-4,7-11H2,(H,17,18). The fourth-order valence-electron chi connectivity index (χ4n) is 3.61. The first-order valence-electron chi connectivity index (χ1n) is 6.73. The monoisotopic (exact) mass is 245 g/mol. The van der Waals surface area contributed by atoms with E-state index in [1.165, 1.54) is 24.0 Å². The van der Waals surface area contributed by atoms with E-state index in [-0.39, 0.29) is 12.0 Å². The molecule has 1 aromatic rings. The Bertz CT molecular complexity index is 438. The van der Waals surface area contributed by atoms with Crippen molar-refractivity contribution in [1.82, 2.24) is 4.90 Å². The second kappa shape index (κ2) is 4.39. The molecule has 0 atom stereocenters. The van der Waals surface area contributed by atoms with Gasteiger partial charge in [-0.2, -0.15) is 0 Å². The summed E-state index contributed by atoms with van der Waals surface area (Å²) in [6.07, 6.45) is 4.47. The molecule has 1 fully saturated rings. The van der Waals surface area contributed by atoms with E-state index in [0.29, 0.717) is 0 Å². The minimum atomic E-state index is -0.672. The number of hydrogen-bond acceptors (Lipinski definition) is 2. The minimum Gasteiger partial charge on any atom is -0.481 e. The molecule has 3 rings (SSSR count). The van der Waals surface area contributed by atoms with Gasteiger partial charge in [-0.05, 0) is 49.9 Å². The third kappa shape index (κ3) is 1.93. The third-order valence-electron chi connectivity index (χ3n) is 4.41. The van der Waals surface area contributed by atoms with Gasteiger partial charge in [0.25, 0.3) is 0 Å². The van der Waals surface area contributed by atoms with Gasteiger partial charge in [0.15, 0.2) is 0 Å². The van der Waals surface area contributed by atoms with Crippen molar-refractivity contribution in [2.75, 3.05) is 13.1 Å². The summed E-state index contributed by atoms with van der Waals surface area (Å²) in [5.41, 5.74) is 2.52. The van der Waals surface area contributed by atoms with Crippen molar-refractivity contribution in [1.29, 1.82) is 0 Å². The van der Waals surface area contributed by atoms with Crippen molar-refractivity contribution in [2.45, 2.75) is 37.6 Å². The maximum Gasteiger partial charge on any atom is 0.305 e. The van der Waals surface area contributed by atoms with E-state index in [2.05, 4.69) is 29.2 Å². The number of carboxylic acids is 1. The summed E-state index contributed by atoms with van der Waals surface area (Å²) in [6.45, 7) is 2.11. The van der Waals surface area contributed by atoms with Crippen molar-refractivity contribution in [3.05, 3.63) is 35.4 Å². The zero-order valence-electron chi connectivity index (χ0n) is 10.6. The highest BCUT2D eigenvalue weighted by molar-refractivity contribution is 5.69. The van der Waals surface area contributed by atoms with Crippen LogP contribution in [-0.4, -0.2) is 34.6 Å². The number of hydrogen-bond donors (Lipinski definition) is 1. The molecule has 1 saturated heterocycles. The first-order valence-corrected chi connectivity index (χ1v) is 6.73. The Morgan fingerprint density at radius 2 is 1.72 bits per heavy atom. The fraction of sp³-hybridized carbons (Fsp3) is 0.533. The molecule has 1 aromatic carbocycles. The molecule has 0 bridgehead atoms. The predicted octanol–water partition coefficient (Wildman–Crippen LogP) is 2.09. The van der Waals surface area contributed by atoms with E-state index in [0.717, 1.165) is 25.9 Å². The molecule has 0 radical (unpaired) electrons. The maximum absolute atomic E-state index is 11.2. The van der Waals surface area contributed by atoms with Gasteiger partial charge in [-0.1, -0.05) is 24.3 Å². The third-order valence-corrected chi connectivity index (χ3v) is 4.41. The lowest BCUT2D eigenvalue weighted by molar-refractivity contribution is -0.140. The highest BCUT2D eigenvalue weighted by Gasteiger charge is 2.44.